The van der Waals surface area contributed by atoms with E-state index in [2.05, 4.69) is 17.3 Å². The van der Waals surface area contributed by atoms with E-state index < -0.39 is 6.04 Å². The summed E-state index contributed by atoms with van der Waals surface area (Å²) in [6.45, 7) is 7.19. The lowest BCUT2D eigenvalue weighted by molar-refractivity contribution is -0.133. The molecule has 1 saturated heterocycles. The molecule has 6 heteroatoms. The summed E-state index contributed by atoms with van der Waals surface area (Å²) in [6.07, 6.45) is 0.974. The van der Waals surface area contributed by atoms with Crippen LogP contribution in [0.3, 0.4) is 0 Å². The number of hydrogen-bond donors (Lipinski definition) is 2. The summed E-state index contributed by atoms with van der Waals surface area (Å²) < 4.78 is 0. The molecule has 1 aliphatic rings. The minimum Gasteiger partial charge on any atom is -0.346 e. The lowest BCUT2D eigenvalue weighted by atomic mass is 10.1. The van der Waals surface area contributed by atoms with Crippen molar-refractivity contribution in [3.8, 4) is 0 Å². The summed E-state index contributed by atoms with van der Waals surface area (Å²) in [5, 5.41) is 2.62. The molecule has 0 bridgehead atoms. The Kier molecular flexibility index (Phi) is 6.24. The molecule has 3 N–H and O–H groups in total. The predicted octanol–water partition coefficient (Wildman–Crippen LogP) is -0.750. The molecule has 1 fully saturated rings. The fourth-order valence-corrected chi connectivity index (χ4v) is 1.99. The summed E-state index contributed by atoms with van der Waals surface area (Å²) in [4.78, 5) is 27.7. The molecule has 110 valence electrons. The molecule has 1 aliphatic heterocycles. The van der Waals surface area contributed by atoms with Crippen LogP contribution in [-0.4, -0.2) is 67.4 Å². The van der Waals surface area contributed by atoms with Crippen molar-refractivity contribution in [3.05, 3.63) is 0 Å². The van der Waals surface area contributed by atoms with Crippen LogP contribution >= 0.6 is 0 Å². The molecule has 6 nitrogen and oxygen atoms in total. The molecule has 1 heterocycles. The maximum atomic E-state index is 12.0. The zero-order valence-corrected chi connectivity index (χ0v) is 12.2. The first-order valence-corrected chi connectivity index (χ1v) is 6.91. The van der Waals surface area contributed by atoms with Crippen LogP contribution in [0.4, 0.5) is 0 Å². The van der Waals surface area contributed by atoms with Gasteiger partial charge in [-0.15, -0.1) is 0 Å². The minimum absolute atomic E-state index is 0.0281. The molecule has 2 amide bonds. The van der Waals surface area contributed by atoms with Gasteiger partial charge in [-0.2, -0.15) is 0 Å². The van der Waals surface area contributed by atoms with Gasteiger partial charge in [-0.05, 0) is 25.9 Å². The van der Waals surface area contributed by atoms with Crippen molar-refractivity contribution >= 4 is 11.8 Å². The number of likely N-dealkylation sites (N-methyl/N-ethyl adjacent to an activating group) is 1. The fourth-order valence-electron chi connectivity index (χ4n) is 1.99. The van der Waals surface area contributed by atoms with Crippen LogP contribution in [0.5, 0.6) is 0 Å². The third-order valence-electron chi connectivity index (χ3n) is 3.51. The normalized spacial score (nSPS) is 19.1. The summed E-state index contributed by atoms with van der Waals surface area (Å²) in [7, 11) is 2.05. The smallest absolute Gasteiger partial charge is 0.242 e. The molecule has 0 saturated carbocycles. The van der Waals surface area contributed by atoms with Gasteiger partial charge in [0.05, 0.1) is 12.6 Å². The quantitative estimate of drug-likeness (QED) is 0.704. The van der Waals surface area contributed by atoms with E-state index in [0.29, 0.717) is 0 Å². The number of carbonyl (C=O) groups is 2. The number of nitrogens with one attached hydrogen (secondary N) is 1. The Labute approximate surface area is 115 Å². The molecular formula is C13H26N4O2. The van der Waals surface area contributed by atoms with E-state index in [0.717, 1.165) is 32.6 Å². The maximum absolute atomic E-state index is 12.0. The molecule has 0 aromatic rings. The molecule has 1 rings (SSSR count). The molecule has 0 aliphatic carbocycles. The van der Waals surface area contributed by atoms with Crippen molar-refractivity contribution in [1.29, 1.82) is 0 Å². The Bertz CT molecular complexity index is 320. The number of carbonyl (C=O) groups excluding carboxylic acids is 2. The molecule has 0 unspecified atom stereocenters. The summed E-state index contributed by atoms with van der Waals surface area (Å²) in [6, 6.07) is -0.553. The van der Waals surface area contributed by atoms with Crippen molar-refractivity contribution in [2.45, 2.75) is 26.3 Å². The SMILES string of the molecule is CC(C)[C@H](N)C(=O)NCC(=O)N1CCCN(C)CC1. The number of nitrogens with two attached hydrogens (primary N) is 1. The van der Waals surface area contributed by atoms with Gasteiger partial charge in [0.25, 0.3) is 0 Å². The minimum atomic E-state index is -0.553. The Morgan fingerprint density at radius 3 is 2.53 bits per heavy atom. The monoisotopic (exact) mass is 270 g/mol. The first-order valence-electron chi connectivity index (χ1n) is 6.91. The van der Waals surface area contributed by atoms with Crippen LogP contribution < -0.4 is 11.1 Å². The highest BCUT2D eigenvalue weighted by Crippen LogP contribution is 2.01. The average Bonchev–Trinajstić information content (AvgIpc) is 2.59. The summed E-state index contributed by atoms with van der Waals surface area (Å²) in [5.74, 6) is -0.211. The first-order chi connectivity index (χ1) is 8.91. The fraction of sp³-hybridized carbons (Fsp3) is 0.846. The van der Waals surface area contributed by atoms with Crippen molar-refractivity contribution < 1.29 is 9.59 Å². The standard InChI is InChI=1S/C13H26N4O2/c1-10(2)12(14)13(19)15-9-11(18)17-6-4-5-16(3)7-8-17/h10,12H,4-9,14H2,1-3H3,(H,15,19)/t12-/m0/s1. The van der Waals surface area contributed by atoms with E-state index in [-0.39, 0.29) is 24.3 Å². The lowest BCUT2D eigenvalue weighted by Gasteiger charge is -2.21. The van der Waals surface area contributed by atoms with Gasteiger partial charge in [0, 0.05) is 19.6 Å². The van der Waals surface area contributed by atoms with Crippen molar-refractivity contribution in [2.75, 3.05) is 39.8 Å². The zero-order chi connectivity index (χ0) is 14.4. The summed E-state index contributed by atoms with van der Waals surface area (Å²) >= 11 is 0. The van der Waals surface area contributed by atoms with E-state index in [1.807, 2.05) is 18.7 Å². The molecule has 0 radical (unpaired) electrons. The van der Waals surface area contributed by atoms with E-state index in [4.69, 9.17) is 5.73 Å². The number of nitrogens with zero attached hydrogens (tertiary/aromatic N) is 2. The van der Waals surface area contributed by atoms with Crippen molar-refractivity contribution in [1.82, 2.24) is 15.1 Å². The van der Waals surface area contributed by atoms with E-state index in [9.17, 15) is 9.59 Å². The highest BCUT2D eigenvalue weighted by molar-refractivity contribution is 5.87. The Balaban J connectivity index is 2.36. The lowest BCUT2D eigenvalue weighted by Crippen LogP contribution is -2.48. The second-order valence-electron chi connectivity index (χ2n) is 5.53. The van der Waals surface area contributed by atoms with Crippen LogP contribution in [0, 0.1) is 5.92 Å². The van der Waals surface area contributed by atoms with Gasteiger partial charge in [0.1, 0.15) is 0 Å². The topological polar surface area (TPSA) is 78.7 Å². The Morgan fingerprint density at radius 1 is 1.21 bits per heavy atom. The molecule has 0 aromatic heterocycles. The van der Waals surface area contributed by atoms with Gasteiger partial charge < -0.3 is 20.9 Å². The van der Waals surface area contributed by atoms with Crippen molar-refractivity contribution in [3.63, 3.8) is 0 Å². The second-order valence-corrected chi connectivity index (χ2v) is 5.53. The summed E-state index contributed by atoms with van der Waals surface area (Å²) in [5.41, 5.74) is 5.72. The van der Waals surface area contributed by atoms with E-state index in [1.54, 1.807) is 0 Å². The van der Waals surface area contributed by atoms with Crippen LogP contribution in [-0.2, 0) is 9.59 Å². The van der Waals surface area contributed by atoms with E-state index in [1.165, 1.54) is 0 Å². The molecular weight excluding hydrogens is 244 g/mol. The molecule has 0 spiro atoms. The Hall–Kier alpha value is -1.14. The van der Waals surface area contributed by atoms with Gasteiger partial charge in [0.15, 0.2) is 0 Å². The van der Waals surface area contributed by atoms with Crippen molar-refractivity contribution in [2.24, 2.45) is 11.7 Å². The van der Waals surface area contributed by atoms with Crippen LogP contribution in [0.15, 0.2) is 0 Å². The largest absolute Gasteiger partial charge is 0.346 e. The highest BCUT2D eigenvalue weighted by Gasteiger charge is 2.20. The van der Waals surface area contributed by atoms with Gasteiger partial charge in [0.2, 0.25) is 11.8 Å². The predicted molar refractivity (Wildman–Crippen MR) is 74.5 cm³/mol. The third-order valence-corrected chi connectivity index (χ3v) is 3.51. The first kappa shape index (κ1) is 15.9. The molecule has 19 heavy (non-hydrogen) atoms. The van der Waals surface area contributed by atoms with Crippen LogP contribution in [0.25, 0.3) is 0 Å². The third kappa shape index (κ3) is 5.16. The van der Waals surface area contributed by atoms with Crippen LogP contribution in [0.1, 0.15) is 20.3 Å². The number of amides is 2. The van der Waals surface area contributed by atoms with Gasteiger partial charge in [-0.25, -0.2) is 0 Å². The average molecular weight is 270 g/mol. The van der Waals surface area contributed by atoms with Gasteiger partial charge in [-0.3, -0.25) is 9.59 Å². The maximum Gasteiger partial charge on any atom is 0.242 e. The number of hydrogen-bond acceptors (Lipinski definition) is 4. The zero-order valence-electron chi connectivity index (χ0n) is 12.2. The molecule has 1 atom stereocenters. The van der Waals surface area contributed by atoms with Crippen LogP contribution in [0.2, 0.25) is 0 Å². The Morgan fingerprint density at radius 2 is 1.89 bits per heavy atom. The van der Waals surface area contributed by atoms with Gasteiger partial charge in [-0.1, -0.05) is 13.8 Å². The highest BCUT2D eigenvalue weighted by atomic mass is 16.2. The number of rotatable bonds is 4. The molecule has 0 aromatic carbocycles. The van der Waals surface area contributed by atoms with E-state index >= 15 is 0 Å². The van der Waals surface area contributed by atoms with Gasteiger partial charge >= 0.3 is 0 Å². The second kappa shape index (κ2) is 7.45.